The lowest BCUT2D eigenvalue weighted by Crippen LogP contribution is -2.49. The van der Waals surface area contributed by atoms with Crippen molar-refractivity contribution in [3.63, 3.8) is 0 Å². The number of para-hydroxylation sites is 1. The molecule has 1 aromatic heterocycles. The molecule has 98 valence electrons. The maximum atomic E-state index is 12.4. The summed E-state index contributed by atoms with van der Waals surface area (Å²) in [7, 11) is 1.45. The number of aromatic amines is 1. The SMILES string of the molecule is CN1C(=O)NC(CN)(c2c[nH]c3ccccc23)C1=O. The fourth-order valence-electron chi connectivity index (χ4n) is 2.55. The summed E-state index contributed by atoms with van der Waals surface area (Å²) in [5, 5.41) is 3.59. The van der Waals surface area contributed by atoms with E-state index in [1.807, 2.05) is 24.3 Å². The van der Waals surface area contributed by atoms with Gasteiger partial charge in [-0.15, -0.1) is 0 Å². The number of hydrogen-bond acceptors (Lipinski definition) is 3. The lowest BCUT2D eigenvalue weighted by molar-refractivity contribution is -0.130. The minimum Gasteiger partial charge on any atom is -0.361 e. The van der Waals surface area contributed by atoms with Gasteiger partial charge in [0.05, 0.1) is 0 Å². The highest BCUT2D eigenvalue weighted by Gasteiger charge is 2.51. The van der Waals surface area contributed by atoms with Gasteiger partial charge in [-0.05, 0) is 6.07 Å². The number of hydrogen-bond donors (Lipinski definition) is 3. The zero-order valence-corrected chi connectivity index (χ0v) is 10.4. The van der Waals surface area contributed by atoms with Crippen LogP contribution in [0.25, 0.3) is 10.9 Å². The first-order valence-electron chi connectivity index (χ1n) is 5.97. The van der Waals surface area contributed by atoms with Crippen LogP contribution in [0, 0.1) is 0 Å². The highest BCUT2D eigenvalue weighted by molar-refractivity contribution is 6.09. The standard InChI is InChI=1S/C13H14N4O2/c1-17-11(18)13(7-14,16-12(17)19)9-6-15-10-5-3-2-4-8(9)10/h2-6,15H,7,14H2,1H3,(H,16,19). The Hall–Kier alpha value is -2.34. The van der Waals surface area contributed by atoms with Gasteiger partial charge in [0.15, 0.2) is 5.54 Å². The van der Waals surface area contributed by atoms with Crippen molar-refractivity contribution >= 4 is 22.8 Å². The summed E-state index contributed by atoms with van der Waals surface area (Å²) in [6.45, 7) is 0.0176. The number of imide groups is 1. The second-order valence-electron chi connectivity index (χ2n) is 4.65. The molecule has 1 unspecified atom stereocenters. The van der Waals surface area contributed by atoms with Crippen LogP contribution in [0.15, 0.2) is 30.5 Å². The minimum absolute atomic E-state index is 0.0176. The first-order valence-corrected chi connectivity index (χ1v) is 5.97. The van der Waals surface area contributed by atoms with Crippen molar-refractivity contribution in [3.05, 3.63) is 36.0 Å². The zero-order chi connectivity index (χ0) is 13.6. The van der Waals surface area contributed by atoms with Crippen LogP contribution in [-0.4, -0.2) is 35.4 Å². The molecule has 6 nitrogen and oxygen atoms in total. The lowest BCUT2D eigenvalue weighted by Gasteiger charge is -2.24. The van der Waals surface area contributed by atoms with E-state index in [1.165, 1.54) is 7.05 Å². The smallest absolute Gasteiger partial charge is 0.325 e. The Morgan fingerprint density at radius 3 is 2.68 bits per heavy atom. The largest absolute Gasteiger partial charge is 0.361 e. The normalized spacial score (nSPS) is 23.2. The van der Waals surface area contributed by atoms with E-state index in [1.54, 1.807) is 6.20 Å². The fourth-order valence-corrected chi connectivity index (χ4v) is 2.55. The van der Waals surface area contributed by atoms with Gasteiger partial charge in [-0.25, -0.2) is 4.79 Å². The number of carbonyl (C=O) groups excluding carboxylic acids is 2. The van der Waals surface area contributed by atoms with Gasteiger partial charge in [-0.2, -0.15) is 0 Å². The van der Waals surface area contributed by atoms with Gasteiger partial charge < -0.3 is 16.0 Å². The number of nitrogens with two attached hydrogens (primary N) is 1. The van der Waals surface area contributed by atoms with Crippen LogP contribution in [0.5, 0.6) is 0 Å². The minimum atomic E-state index is -1.18. The molecule has 1 aliphatic rings. The second-order valence-corrected chi connectivity index (χ2v) is 4.65. The molecule has 2 aromatic rings. The van der Waals surface area contributed by atoms with Crippen LogP contribution in [0.2, 0.25) is 0 Å². The summed E-state index contributed by atoms with van der Waals surface area (Å²) in [4.78, 5) is 28.2. The number of H-pyrrole nitrogens is 1. The monoisotopic (exact) mass is 258 g/mol. The lowest BCUT2D eigenvalue weighted by atomic mass is 9.89. The predicted octanol–water partition coefficient (Wildman–Crippen LogP) is 0.503. The van der Waals surface area contributed by atoms with E-state index >= 15 is 0 Å². The van der Waals surface area contributed by atoms with Gasteiger partial charge in [0.2, 0.25) is 0 Å². The third kappa shape index (κ3) is 1.40. The number of rotatable bonds is 2. The molecule has 1 aromatic carbocycles. The van der Waals surface area contributed by atoms with Gasteiger partial charge in [-0.3, -0.25) is 9.69 Å². The molecule has 1 atom stereocenters. The number of urea groups is 1. The molecule has 1 fully saturated rings. The summed E-state index contributed by atoms with van der Waals surface area (Å²) < 4.78 is 0. The molecule has 0 saturated carbocycles. The van der Waals surface area contributed by atoms with Gasteiger partial charge in [0.25, 0.3) is 5.91 Å². The van der Waals surface area contributed by atoms with E-state index in [2.05, 4.69) is 10.3 Å². The van der Waals surface area contributed by atoms with E-state index in [9.17, 15) is 9.59 Å². The number of benzene rings is 1. The molecule has 19 heavy (non-hydrogen) atoms. The molecule has 0 bridgehead atoms. The molecular formula is C13H14N4O2. The summed E-state index contributed by atoms with van der Waals surface area (Å²) in [5.74, 6) is -0.329. The Balaban J connectivity index is 2.23. The molecule has 1 aliphatic heterocycles. The van der Waals surface area contributed by atoms with Crippen molar-refractivity contribution in [3.8, 4) is 0 Å². The van der Waals surface area contributed by atoms with E-state index in [-0.39, 0.29) is 12.5 Å². The van der Waals surface area contributed by atoms with E-state index in [4.69, 9.17) is 5.73 Å². The molecule has 0 spiro atoms. The van der Waals surface area contributed by atoms with Crippen molar-refractivity contribution < 1.29 is 9.59 Å². The summed E-state index contributed by atoms with van der Waals surface area (Å²) in [5.41, 5.74) is 6.22. The molecule has 0 aliphatic carbocycles. The van der Waals surface area contributed by atoms with Crippen LogP contribution >= 0.6 is 0 Å². The first-order chi connectivity index (χ1) is 9.10. The van der Waals surface area contributed by atoms with Crippen LogP contribution in [0.1, 0.15) is 5.56 Å². The fraction of sp³-hybridized carbons (Fsp3) is 0.231. The molecule has 0 radical (unpaired) electrons. The number of amides is 3. The number of fused-ring (bicyclic) bond motifs is 1. The van der Waals surface area contributed by atoms with Crippen LogP contribution in [0.4, 0.5) is 4.79 Å². The Labute approximate surface area is 109 Å². The number of aromatic nitrogens is 1. The number of likely N-dealkylation sites (N-methyl/N-ethyl adjacent to an activating group) is 1. The summed E-state index contributed by atoms with van der Waals surface area (Å²) in [6.07, 6.45) is 1.73. The Bertz CT molecular complexity index is 678. The van der Waals surface area contributed by atoms with Crippen LogP contribution in [0.3, 0.4) is 0 Å². The van der Waals surface area contributed by atoms with Crippen molar-refractivity contribution in [1.82, 2.24) is 15.2 Å². The molecule has 6 heteroatoms. The molecule has 1 saturated heterocycles. The third-order valence-corrected chi connectivity index (χ3v) is 3.65. The van der Waals surface area contributed by atoms with Gasteiger partial charge in [-0.1, -0.05) is 18.2 Å². The number of carbonyl (C=O) groups is 2. The highest BCUT2D eigenvalue weighted by Crippen LogP contribution is 2.32. The van der Waals surface area contributed by atoms with Crippen LogP contribution in [-0.2, 0) is 10.3 Å². The zero-order valence-electron chi connectivity index (χ0n) is 10.4. The average Bonchev–Trinajstić information content (AvgIpc) is 2.95. The van der Waals surface area contributed by atoms with Gasteiger partial charge >= 0.3 is 6.03 Å². The number of nitrogens with zero attached hydrogens (tertiary/aromatic N) is 1. The first kappa shape index (κ1) is 11.7. The summed E-state index contributed by atoms with van der Waals surface area (Å²) >= 11 is 0. The van der Waals surface area contributed by atoms with Crippen molar-refractivity contribution in [1.29, 1.82) is 0 Å². The maximum absolute atomic E-state index is 12.4. The molecule has 2 heterocycles. The van der Waals surface area contributed by atoms with Crippen molar-refractivity contribution in [2.45, 2.75) is 5.54 Å². The topological polar surface area (TPSA) is 91.2 Å². The third-order valence-electron chi connectivity index (χ3n) is 3.65. The van der Waals surface area contributed by atoms with Gasteiger partial charge in [0.1, 0.15) is 0 Å². The molecular weight excluding hydrogens is 244 g/mol. The quantitative estimate of drug-likeness (QED) is 0.685. The Kier molecular flexibility index (Phi) is 2.36. The predicted molar refractivity (Wildman–Crippen MR) is 70.3 cm³/mol. The van der Waals surface area contributed by atoms with E-state index in [0.29, 0.717) is 5.56 Å². The molecule has 3 amide bonds. The maximum Gasteiger partial charge on any atom is 0.325 e. The van der Waals surface area contributed by atoms with Crippen molar-refractivity contribution in [2.75, 3.05) is 13.6 Å². The highest BCUT2D eigenvalue weighted by atomic mass is 16.2. The van der Waals surface area contributed by atoms with Gasteiger partial charge in [0, 0.05) is 36.3 Å². The van der Waals surface area contributed by atoms with E-state index < -0.39 is 11.6 Å². The van der Waals surface area contributed by atoms with Crippen LogP contribution < -0.4 is 11.1 Å². The Morgan fingerprint density at radius 2 is 2.05 bits per heavy atom. The van der Waals surface area contributed by atoms with E-state index in [0.717, 1.165) is 15.8 Å². The molecule has 4 N–H and O–H groups in total. The summed E-state index contributed by atoms with van der Waals surface area (Å²) in [6, 6.07) is 7.17. The second kappa shape index (κ2) is 3.83. The van der Waals surface area contributed by atoms with Crippen molar-refractivity contribution in [2.24, 2.45) is 5.73 Å². The number of nitrogens with one attached hydrogen (secondary N) is 2. The average molecular weight is 258 g/mol. The molecule has 3 rings (SSSR count). The Morgan fingerprint density at radius 1 is 1.32 bits per heavy atom.